The van der Waals surface area contributed by atoms with Crippen LogP contribution in [0.4, 0.5) is 0 Å². The van der Waals surface area contributed by atoms with Crippen molar-refractivity contribution in [1.29, 1.82) is 0 Å². The minimum atomic E-state index is -0.556. The Morgan fingerprint density at radius 3 is 2.52 bits per heavy atom. The van der Waals surface area contributed by atoms with Crippen LogP contribution >= 0.6 is 23.2 Å². The van der Waals surface area contributed by atoms with Crippen molar-refractivity contribution in [3.63, 3.8) is 0 Å². The Morgan fingerprint density at radius 1 is 1.12 bits per heavy atom. The predicted octanol–water partition coefficient (Wildman–Crippen LogP) is 6.02. The first-order valence-corrected chi connectivity index (χ1v) is 12.4. The molecule has 1 saturated carbocycles. The van der Waals surface area contributed by atoms with Gasteiger partial charge < -0.3 is 15.0 Å². The Bertz CT molecular complexity index is 917. The number of ether oxygens (including phenoxy) is 1. The number of amides is 2. The second kappa shape index (κ2) is 12.9. The van der Waals surface area contributed by atoms with Gasteiger partial charge in [-0.25, -0.2) is 0 Å². The smallest absolute Gasteiger partial charge is 0.243 e. The third-order valence-corrected chi connectivity index (χ3v) is 6.58. The van der Waals surface area contributed by atoms with Gasteiger partial charge in [-0.2, -0.15) is 0 Å². The Balaban J connectivity index is 1.68. The first-order valence-electron chi connectivity index (χ1n) is 11.7. The molecule has 1 aliphatic rings. The summed E-state index contributed by atoms with van der Waals surface area (Å²) in [4.78, 5) is 28.1. The topological polar surface area (TPSA) is 58.6 Å². The Labute approximate surface area is 206 Å². The van der Waals surface area contributed by atoms with Gasteiger partial charge in [0.2, 0.25) is 11.8 Å². The molecule has 33 heavy (non-hydrogen) atoms. The average molecular weight is 491 g/mol. The van der Waals surface area contributed by atoms with E-state index in [2.05, 4.69) is 5.32 Å². The number of nitrogens with zero attached hydrogens (tertiary/aromatic N) is 1. The molecule has 1 N–H and O–H groups in total. The number of carbonyl (C=O) groups excluding carboxylic acids is 2. The van der Waals surface area contributed by atoms with E-state index in [-0.39, 0.29) is 30.8 Å². The lowest BCUT2D eigenvalue weighted by molar-refractivity contribution is -0.141. The van der Waals surface area contributed by atoms with E-state index in [9.17, 15) is 9.59 Å². The SMILES string of the molecule is CCC(C(=O)NC1CCCC1)N(Cc1ccc(Cl)cc1Cl)C(=O)CCCOc1ccccc1. The van der Waals surface area contributed by atoms with Crippen molar-refractivity contribution in [3.05, 3.63) is 64.1 Å². The molecular weight excluding hydrogens is 459 g/mol. The third kappa shape index (κ3) is 7.65. The van der Waals surface area contributed by atoms with Gasteiger partial charge in [-0.1, -0.05) is 67.2 Å². The molecule has 2 amide bonds. The molecule has 1 aliphatic carbocycles. The minimum absolute atomic E-state index is 0.0916. The summed E-state index contributed by atoms with van der Waals surface area (Å²) >= 11 is 12.4. The van der Waals surface area contributed by atoms with Crippen LogP contribution in [0.25, 0.3) is 0 Å². The molecule has 0 saturated heterocycles. The lowest BCUT2D eigenvalue weighted by Gasteiger charge is -2.32. The second-order valence-electron chi connectivity index (χ2n) is 8.44. The molecule has 1 fully saturated rings. The van der Waals surface area contributed by atoms with Crippen LogP contribution in [-0.4, -0.2) is 35.4 Å². The summed E-state index contributed by atoms with van der Waals surface area (Å²) in [6.07, 6.45) is 5.62. The summed E-state index contributed by atoms with van der Waals surface area (Å²) in [5.41, 5.74) is 0.766. The zero-order valence-corrected chi connectivity index (χ0v) is 20.6. The predicted molar refractivity (Wildman–Crippen MR) is 133 cm³/mol. The maximum atomic E-state index is 13.3. The molecule has 5 nitrogen and oxygen atoms in total. The maximum Gasteiger partial charge on any atom is 0.243 e. The van der Waals surface area contributed by atoms with E-state index in [1.165, 1.54) is 0 Å². The number of hydrogen-bond donors (Lipinski definition) is 1. The Kier molecular flexibility index (Phi) is 9.89. The zero-order valence-electron chi connectivity index (χ0n) is 19.1. The van der Waals surface area contributed by atoms with E-state index >= 15 is 0 Å². The summed E-state index contributed by atoms with van der Waals surface area (Å²) in [6.45, 7) is 2.61. The molecule has 1 atom stereocenters. The highest BCUT2D eigenvalue weighted by molar-refractivity contribution is 6.35. The largest absolute Gasteiger partial charge is 0.494 e. The maximum absolute atomic E-state index is 13.3. The Morgan fingerprint density at radius 2 is 1.85 bits per heavy atom. The lowest BCUT2D eigenvalue weighted by Crippen LogP contribution is -2.51. The molecule has 0 spiro atoms. The fourth-order valence-corrected chi connectivity index (χ4v) is 4.66. The summed E-state index contributed by atoms with van der Waals surface area (Å²) in [7, 11) is 0. The van der Waals surface area contributed by atoms with Gasteiger partial charge in [0.05, 0.1) is 6.61 Å². The monoisotopic (exact) mass is 490 g/mol. The molecular formula is C26H32Cl2N2O3. The molecule has 2 aromatic rings. The van der Waals surface area contributed by atoms with E-state index in [0.717, 1.165) is 37.0 Å². The van der Waals surface area contributed by atoms with Crippen LogP contribution in [0.15, 0.2) is 48.5 Å². The van der Waals surface area contributed by atoms with Crippen LogP contribution in [0.1, 0.15) is 57.4 Å². The van der Waals surface area contributed by atoms with Gasteiger partial charge in [0.15, 0.2) is 0 Å². The molecule has 178 valence electrons. The van der Waals surface area contributed by atoms with Gasteiger partial charge in [0.25, 0.3) is 0 Å². The number of hydrogen-bond acceptors (Lipinski definition) is 3. The molecule has 0 aliphatic heterocycles. The van der Waals surface area contributed by atoms with E-state index in [1.54, 1.807) is 17.0 Å². The Hall–Kier alpha value is -2.24. The summed E-state index contributed by atoms with van der Waals surface area (Å²) in [5, 5.41) is 4.17. The van der Waals surface area contributed by atoms with Gasteiger partial charge in [-0.05, 0) is 55.5 Å². The van der Waals surface area contributed by atoms with Crippen molar-refractivity contribution < 1.29 is 14.3 Å². The molecule has 1 unspecified atom stereocenters. The summed E-state index contributed by atoms with van der Waals surface area (Å²) in [6, 6.07) is 14.4. The van der Waals surface area contributed by atoms with Crippen molar-refractivity contribution in [2.24, 2.45) is 0 Å². The fourth-order valence-electron chi connectivity index (χ4n) is 4.19. The van der Waals surface area contributed by atoms with Gasteiger partial charge in [-0.15, -0.1) is 0 Å². The van der Waals surface area contributed by atoms with Crippen LogP contribution in [0.3, 0.4) is 0 Å². The third-order valence-electron chi connectivity index (χ3n) is 5.99. The van der Waals surface area contributed by atoms with Crippen molar-refractivity contribution in [2.45, 2.75) is 70.5 Å². The second-order valence-corrected chi connectivity index (χ2v) is 9.28. The molecule has 3 rings (SSSR count). The van der Waals surface area contributed by atoms with Gasteiger partial charge in [0.1, 0.15) is 11.8 Å². The average Bonchev–Trinajstić information content (AvgIpc) is 3.31. The van der Waals surface area contributed by atoms with E-state index in [4.69, 9.17) is 27.9 Å². The number of rotatable bonds is 11. The van der Waals surface area contributed by atoms with Crippen LogP contribution in [0.5, 0.6) is 5.75 Å². The minimum Gasteiger partial charge on any atom is -0.494 e. The number of nitrogens with one attached hydrogen (secondary N) is 1. The number of carbonyl (C=O) groups is 2. The number of para-hydroxylation sites is 1. The molecule has 0 bridgehead atoms. The summed E-state index contributed by atoms with van der Waals surface area (Å²) in [5.74, 6) is 0.589. The molecule has 0 aromatic heterocycles. The standard InChI is InChI=1S/C26H32Cl2N2O3/c1-2-24(26(32)29-21-9-6-7-10-21)30(18-19-14-15-20(27)17-23(19)28)25(31)13-8-16-33-22-11-4-3-5-12-22/h3-5,11-12,14-15,17,21,24H,2,6-10,13,16,18H2,1H3,(H,29,32). The summed E-state index contributed by atoms with van der Waals surface area (Å²) < 4.78 is 5.72. The quantitative estimate of drug-likeness (QED) is 0.391. The highest BCUT2D eigenvalue weighted by Crippen LogP contribution is 2.25. The van der Waals surface area contributed by atoms with Gasteiger partial charge in [0, 0.05) is 29.1 Å². The first kappa shape index (κ1) is 25.4. The molecule has 2 aromatic carbocycles. The fraction of sp³-hybridized carbons (Fsp3) is 0.462. The highest BCUT2D eigenvalue weighted by Gasteiger charge is 2.30. The van der Waals surface area contributed by atoms with Crippen molar-refractivity contribution in [3.8, 4) is 5.75 Å². The van der Waals surface area contributed by atoms with Gasteiger partial charge in [-0.3, -0.25) is 9.59 Å². The van der Waals surface area contributed by atoms with Crippen molar-refractivity contribution in [2.75, 3.05) is 6.61 Å². The van der Waals surface area contributed by atoms with Crippen LogP contribution in [-0.2, 0) is 16.1 Å². The highest BCUT2D eigenvalue weighted by atomic mass is 35.5. The zero-order chi connectivity index (χ0) is 23.6. The normalized spacial score (nSPS) is 14.6. The number of benzene rings is 2. The van der Waals surface area contributed by atoms with Crippen molar-refractivity contribution in [1.82, 2.24) is 10.2 Å². The molecule has 0 heterocycles. The first-order chi connectivity index (χ1) is 16.0. The number of halogens is 2. The molecule has 7 heteroatoms. The van der Waals surface area contributed by atoms with E-state index < -0.39 is 6.04 Å². The van der Waals surface area contributed by atoms with E-state index in [1.807, 2.05) is 43.3 Å². The lowest BCUT2D eigenvalue weighted by atomic mass is 10.1. The van der Waals surface area contributed by atoms with E-state index in [0.29, 0.717) is 29.5 Å². The van der Waals surface area contributed by atoms with Gasteiger partial charge >= 0.3 is 0 Å². The van der Waals surface area contributed by atoms with Crippen LogP contribution in [0.2, 0.25) is 10.0 Å². The van der Waals surface area contributed by atoms with Crippen molar-refractivity contribution >= 4 is 35.0 Å². The van der Waals surface area contributed by atoms with Crippen LogP contribution < -0.4 is 10.1 Å². The van der Waals surface area contributed by atoms with Crippen LogP contribution in [0, 0.1) is 0 Å². The molecule has 0 radical (unpaired) electrons.